The maximum Gasteiger partial charge on any atom is 0.171 e. The van der Waals surface area contributed by atoms with Gasteiger partial charge in [0.05, 0.1) is 5.56 Å². The van der Waals surface area contributed by atoms with Gasteiger partial charge in [-0.05, 0) is 41.0 Å². The summed E-state index contributed by atoms with van der Waals surface area (Å²) in [7, 11) is 0. The molecule has 142 valence electrons. The highest BCUT2D eigenvalue weighted by molar-refractivity contribution is 6.00. The second-order valence-electron chi connectivity index (χ2n) is 6.69. The smallest absolute Gasteiger partial charge is 0.171 e. The van der Waals surface area contributed by atoms with Gasteiger partial charge in [0, 0.05) is 36.8 Å². The number of carbonyl (C=O) groups is 1. The van der Waals surface area contributed by atoms with E-state index in [4.69, 9.17) is 4.74 Å². The van der Waals surface area contributed by atoms with Crippen molar-refractivity contribution in [1.29, 1.82) is 0 Å². The lowest BCUT2D eigenvalue weighted by atomic mass is 9.99. The molecule has 0 aliphatic carbocycles. The van der Waals surface area contributed by atoms with Crippen molar-refractivity contribution in [3.8, 4) is 16.9 Å². The van der Waals surface area contributed by atoms with Crippen molar-refractivity contribution in [2.45, 2.75) is 13.0 Å². The quantitative estimate of drug-likeness (QED) is 0.416. The van der Waals surface area contributed by atoms with Crippen LogP contribution in [0.25, 0.3) is 11.1 Å². The van der Waals surface area contributed by atoms with Gasteiger partial charge in [-0.1, -0.05) is 48.5 Å². The molecule has 29 heavy (non-hydrogen) atoms. The Kier molecular flexibility index (Phi) is 5.72. The number of aromatic nitrogens is 2. The standard InChI is InChI=1S/C25H20N2O2/c28-24(14-20-8-4-12-26-16-20)23-11-10-21(22-9-5-13-27-17-22)15-25(23)29-18-19-6-2-1-3-7-19/h1-13,15-17H,14,18H2. The molecule has 0 amide bonds. The lowest BCUT2D eigenvalue weighted by Crippen LogP contribution is -2.07. The highest BCUT2D eigenvalue weighted by Gasteiger charge is 2.15. The molecule has 4 heteroatoms. The number of pyridine rings is 2. The van der Waals surface area contributed by atoms with Crippen LogP contribution < -0.4 is 4.74 Å². The highest BCUT2D eigenvalue weighted by atomic mass is 16.5. The largest absolute Gasteiger partial charge is 0.488 e. The summed E-state index contributed by atoms with van der Waals surface area (Å²) in [5, 5.41) is 0. The zero-order valence-corrected chi connectivity index (χ0v) is 15.9. The maximum atomic E-state index is 13.0. The van der Waals surface area contributed by atoms with Crippen molar-refractivity contribution in [3.63, 3.8) is 0 Å². The fourth-order valence-electron chi connectivity index (χ4n) is 3.10. The predicted octanol–water partition coefficient (Wildman–Crippen LogP) is 5.15. The number of rotatable bonds is 7. The number of carbonyl (C=O) groups excluding carboxylic acids is 1. The first-order valence-corrected chi connectivity index (χ1v) is 9.43. The first kappa shape index (κ1) is 18.6. The first-order chi connectivity index (χ1) is 14.3. The molecule has 0 spiro atoms. The van der Waals surface area contributed by atoms with E-state index in [2.05, 4.69) is 9.97 Å². The molecular formula is C25H20N2O2. The number of Topliss-reactive ketones (excluding diaryl/α,β-unsaturated/α-hetero) is 1. The van der Waals surface area contributed by atoms with Crippen molar-refractivity contribution in [2.24, 2.45) is 0 Å². The zero-order valence-electron chi connectivity index (χ0n) is 15.9. The van der Waals surface area contributed by atoms with E-state index in [0.29, 0.717) is 17.9 Å². The number of hydrogen-bond donors (Lipinski definition) is 0. The van der Waals surface area contributed by atoms with Crippen LogP contribution in [0.4, 0.5) is 0 Å². The van der Waals surface area contributed by atoms with Crippen LogP contribution in [0.2, 0.25) is 0 Å². The molecule has 4 aromatic rings. The van der Waals surface area contributed by atoms with Crippen LogP contribution in [0.3, 0.4) is 0 Å². The monoisotopic (exact) mass is 380 g/mol. The minimum Gasteiger partial charge on any atom is -0.488 e. The highest BCUT2D eigenvalue weighted by Crippen LogP contribution is 2.29. The van der Waals surface area contributed by atoms with Crippen molar-refractivity contribution in [2.75, 3.05) is 0 Å². The van der Waals surface area contributed by atoms with Gasteiger partial charge in [0.2, 0.25) is 0 Å². The molecule has 2 heterocycles. The summed E-state index contributed by atoms with van der Waals surface area (Å²) in [5.41, 5.74) is 4.42. The third kappa shape index (κ3) is 4.74. The number of ether oxygens (including phenoxy) is 1. The molecule has 0 aliphatic heterocycles. The van der Waals surface area contributed by atoms with Crippen LogP contribution in [0, 0.1) is 0 Å². The number of ketones is 1. The van der Waals surface area contributed by atoms with Gasteiger partial charge in [-0.2, -0.15) is 0 Å². The Morgan fingerprint density at radius 1 is 0.759 bits per heavy atom. The van der Waals surface area contributed by atoms with E-state index < -0.39 is 0 Å². The topological polar surface area (TPSA) is 52.1 Å². The van der Waals surface area contributed by atoms with Crippen molar-refractivity contribution >= 4 is 5.78 Å². The second-order valence-corrected chi connectivity index (χ2v) is 6.69. The molecule has 0 saturated heterocycles. The molecule has 0 unspecified atom stereocenters. The summed E-state index contributed by atoms with van der Waals surface area (Å²) in [6.45, 7) is 0.393. The van der Waals surface area contributed by atoms with Gasteiger partial charge in [0.1, 0.15) is 12.4 Å². The molecule has 0 aliphatic rings. The molecular weight excluding hydrogens is 360 g/mol. The van der Waals surface area contributed by atoms with Gasteiger partial charge in [-0.3, -0.25) is 14.8 Å². The summed E-state index contributed by atoms with van der Waals surface area (Å²) in [4.78, 5) is 21.3. The van der Waals surface area contributed by atoms with Crippen LogP contribution >= 0.6 is 0 Å². The molecule has 0 atom stereocenters. The molecule has 0 N–H and O–H groups in total. The molecule has 0 bridgehead atoms. The van der Waals surface area contributed by atoms with Gasteiger partial charge in [-0.25, -0.2) is 0 Å². The van der Waals surface area contributed by atoms with Gasteiger partial charge >= 0.3 is 0 Å². The number of nitrogens with zero attached hydrogens (tertiary/aromatic N) is 2. The minimum atomic E-state index is -0.00111. The Labute approximate surface area is 169 Å². The lowest BCUT2D eigenvalue weighted by Gasteiger charge is -2.13. The van der Waals surface area contributed by atoms with Gasteiger partial charge in [-0.15, -0.1) is 0 Å². The van der Waals surface area contributed by atoms with Crippen LogP contribution in [-0.2, 0) is 13.0 Å². The molecule has 4 nitrogen and oxygen atoms in total. The first-order valence-electron chi connectivity index (χ1n) is 9.43. The fourth-order valence-corrected chi connectivity index (χ4v) is 3.10. The summed E-state index contributed by atoms with van der Waals surface area (Å²) in [6, 6.07) is 23.2. The second kappa shape index (κ2) is 8.93. The van der Waals surface area contributed by atoms with Crippen LogP contribution in [0.1, 0.15) is 21.5 Å². The summed E-state index contributed by atoms with van der Waals surface area (Å²) >= 11 is 0. The Bertz CT molecular complexity index is 1080. The van der Waals surface area contributed by atoms with E-state index in [9.17, 15) is 4.79 Å². The molecule has 0 saturated carbocycles. The minimum absolute atomic E-state index is 0.00111. The predicted molar refractivity (Wildman–Crippen MR) is 113 cm³/mol. The van der Waals surface area contributed by atoms with E-state index >= 15 is 0 Å². The Balaban J connectivity index is 1.64. The normalized spacial score (nSPS) is 10.5. The summed E-state index contributed by atoms with van der Waals surface area (Å²) < 4.78 is 6.09. The molecule has 0 fully saturated rings. The third-order valence-corrected chi connectivity index (χ3v) is 4.60. The van der Waals surface area contributed by atoms with Gasteiger partial charge in [0.25, 0.3) is 0 Å². The third-order valence-electron chi connectivity index (χ3n) is 4.60. The molecule has 4 rings (SSSR count). The van der Waals surface area contributed by atoms with Gasteiger partial charge < -0.3 is 4.74 Å². The van der Waals surface area contributed by atoms with Crippen LogP contribution in [0.5, 0.6) is 5.75 Å². The zero-order chi connectivity index (χ0) is 19.9. The number of hydrogen-bond acceptors (Lipinski definition) is 4. The van der Waals surface area contributed by atoms with E-state index in [0.717, 1.165) is 22.3 Å². The van der Waals surface area contributed by atoms with Crippen molar-refractivity contribution in [3.05, 3.63) is 114 Å². The SMILES string of the molecule is O=C(Cc1cccnc1)c1ccc(-c2cccnc2)cc1OCc1ccccc1. The Morgan fingerprint density at radius 2 is 1.52 bits per heavy atom. The van der Waals surface area contributed by atoms with Crippen molar-refractivity contribution < 1.29 is 9.53 Å². The van der Waals surface area contributed by atoms with E-state index in [1.54, 1.807) is 24.8 Å². The lowest BCUT2D eigenvalue weighted by molar-refractivity contribution is 0.0988. The molecule has 0 radical (unpaired) electrons. The average molecular weight is 380 g/mol. The Hall–Kier alpha value is -3.79. The van der Waals surface area contributed by atoms with E-state index in [1.165, 1.54) is 0 Å². The van der Waals surface area contributed by atoms with E-state index in [-0.39, 0.29) is 12.2 Å². The summed E-state index contributed by atoms with van der Waals surface area (Å²) in [5.74, 6) is 0.572. The van der Waals surface area contributed by atoms with Gasteiger partial charge in [0.15, 0.2) is 5.78 Å². The maximum absolute atomic E-state index is 13.0. The average Bonchev–Trinajstić information content (AvgIpc) is 2.79. The Morgan fingerprint density at radius 3 is 2.24 bits per heavy atom. The van der Waals surface area contributed by atoms with E-state index in [1.807, 2.05) is 72.8 Å². The fraction of sp³-hybridized carbons (Fsp3) is 0.0800. The molecule has 2 aromatic carbocycles. The van der Waals surface area contributed by atoms with Crippen LogP contribution in [0.15, 0.2) is 97.6 Å². The number of benzene rings is 2. The van der Waals surface area contributed by atoms with Crippen molar-refractivity contribution in [1.82, 2.24) is 9.97 Å². The molecule has 2 aromatic heterocycles. The summed E-state index contributed by atoms with van der Waals surface area (Å²) in [6.07, 6.45) is 7.23. The van der Waals surface area contributed by atoms with Crippen LogP contribution in [-0.4, -0.2) is 15.8 Å².